The minimum Gasteiger partial charge on any atom is -0.545 e. The van der Waals surface area contributed by atoms with Crippen molar-refractivity contribution in [1.82, 2.24) is 0 Å². The summed E-state index contributed by atoms with van der Waals surface area (Å²) in [5.74, 6) is 0. The van der Waals surface area contributed by atoms with Gasteiger partial charge in [-0.3, -0.25) is 6.79 Å². The first-order valence-electron chi connectivity index (χ1n) is 0.236. The van der Waals surface area contributed by atoms with Crippen molar-refractivity contribution in [2.24, 2.45) is 0 Å². The third-order valence-electron chi connectivity index (χ3n) is 0. The zero-order chi connectivity index (χ0) is 2.00. The summed E-state index contributed by atoms with van der Waals surface area (Å²) in [5.41, 5.74) is 0. The van der Waals surface area contributed by atoms with Crippen LogP contribution in [0.3, 0.4) is 0 Å². The van der Waals surface area contributed by atoms with E-state index in [9.17, 15) is 0 Å². The van der Waals surface area contributed by atoms with Crippen molar-refractivity contribution >= 4 is 46.4 Å². The fraction of sp³-hybridized carbons (Fsp3) is 0. The molecule has 0 aromatic carbocycles. The molecule has 12 heavy (non-hydrogen) atoms. The second kappa shape index (κ2) is 313. The molecule has 7 heteroatoms. The molecular weight excluding hydrogens is 402 g/mol. The molecule has 0 aliphatic rings. The Morgan fingerprint density at radius 3 is 0.583 bits per heavy atom. The Kier molecular flexibility index (Phi) is 5370. The van der Waals surface area contributed by atoms with E-state index in [1.165, 1.54) is 0 Å². The average molecular weight is 427 g/mol. The van der Waals surface area contributed by atoms with E-state index >= 15 is 0 Å². The van der Waals surface area contributed by atoms with Gasteiger partial charge in [-0.1, -0.05) is 0 Å². The van der Waals surface area contributed by atoms with E-state index in [1.807, 2.05) is 0 Å². The molecule has 0 aliphatic carbocycles. The molecule has 0 fully saturated rings. The third kappa shape index (κ3) is 246. The third-order valence-corrected chi connectivity index (χ3v) is 0. The zero-order valence-electron chi connectivity index (χ0n) is 8.52. The van der Waals surface area contributed by atoms with Crippen LogP contribution in [0.15, 0.2) is 0 Å². The topological polar surface area (TPSA) is 17.1 Å². The summed E-state index contributed by atoms with van der Waals surface area (Å²) in [6, 6.07) is 0. The summed E-state index contributed by atoms with van der Waals surface area (Å²) >= 11 is 0. The second-order valence-corrected chi connectivity index (χ2v) is 0. The van der Waals surface area contributed by atoms with E-state index in [4.69, 9.17) is 4.79 Å². The van der Waals surface area contributed by atoms with Crippen LogP contribution in [0.2, 0.25) is 0 Å². The Labute approximate surface area is 119 Å². The van der Waals surface area contributed by atoms with Gasteiger partial charge in [0.1, 0.15) is 0 Å². The first kappa shape index (κ1) is 206. The van der Waals surface area contributed by atoms with Gasteiger partial charge in [0.05, 0.1) is 0 Å². The summed E-state index contributed by atoms with van der Waals surface area (Å²) in [6.07, 6.45) is 0. The largest absolute Gasteiger partial charge is 4.00 e. The van der Waals surface area contributed by atoms with E-state index in [2.05, 4.69) is 6.79 Å². The van der Waals surface area contributed by atoms with E-state index < -0.39 is 0 Å². The van der Waals surface area contributed by atoms with Gasteiger partial charge in [0.2, 0.25) is 0 Å². The molecule has 0 heterocycles. The van der Waals surface area contributed by atoms with E-state index in [0.717, 1.165) is 0 Å². The van der Waals surface area contributed by atoms with Crippen LogP contribution in [-0.2, 0) is 43.8 Å². The molecule has 0 rings (SSSR count). The fourth-order valence-electron chi connectivity index (χ4n) is 0. The predicted octanol–water partition coefficient (Wildman–Crippen LogP) is 1.75. The van der Waals surface area contributed by atoms with Gasteiger partial charge in [-0.2, -0.15) is 39.6 Å². The van der Waals surface area contributed by atoms with Crippen molar-refractivity contribution in [2.75, 3.05) is 0 Å². The maximum atomic E-state index is 7.75. The SMILES string of the molecule is P.P.P.P.[CH-]=O.[CH3-].[CH3-].[CH3-].[CH3-].[Ru+4].[Ru+]. The van der Waals surface area contributed by atoms with Gasteiger partial charge in [-0.15, -0.1) is 0 Å². The summed E-state index contributed by atoms with van der Waals surface area (Å²) in [6.45, 7) is 3.25. The van der Waals surface area contributed by atoms with Crippen LogP contribution in [0.4, 0.5) is 0 Å². The van der Waals surface area contributed by atoms with Gasteiger partial charge in [0, 0.05) is 0 Å². The van der Waals surface area contributed by atoms with Crippen LogP contribution in [0, 0.1) is 29.7 Å². The standard InChI is InChI=1S/CHO.4CH3.4H3P.2Ru/c1-2;;;;;;;;;;/h1H;8*1H3;;/q5*-1;;;;;+1;+4. The van der Waals surface area contributed by atoms with Gasteiger partial charge in [-0.25, -0.2) is 0 Å². The Balaban J connectivity index is -0.000000000111. The smallest absolute Gasteiger partial charge is 0.545 e. The van der Waals surface area contributed by atoms with Gasteiger partial charge < -0.3 is 34.5 Å². The summed E-state index contributed by atoms with van der Waals surface area (Å²) in [4.78, 5) is 7.75. The maximum Gasteiger partial charge on any atom is 4.00 e. The molecule has 4 atom stereocenters. The summed E-state index contributed by atoms with van der Waals surface area (Å²) in [5, 5.41) is 0. The second-order valence-electron chi connectivity index (χ2n) is 0. The Morgan fingerprint density at radius 2 is 0.583 bits per heavy atom. The monoisotopic (exact) mass is 429 g/mol. The maximum absolute atomic E-state index is 7.75. The van der Waals surface area contributed by atoms with E-state index in [1.54, 1.807) is 0 Å². The van der Waals surface area contributed by atoms with Crippen molar-refractivity contribution in [1.29, 1.82) is 0 Å². The van der Waals surface area contributed by atoms with Crippen molar-refractivity contribution in [3.8, 4) is 0 Å². The molecule has 0 bridgehead atoms. The molecule has 1 radical (unpaired) electrons. The van der Waals surface area contributed by atoms with Crippen molar-refractivity contribution in [3.05, 3.63) is 29.7 Å². The van der Waals surface area contributed by atoms with Crippen LogP contribution in [0.5, 0.6) is 0 Å². The van der Waals surface area contributed by atoms with Crippen molar-refractivity contribution in [3.63, 3.8) is 0 Å². The summed E-state index contributed by atoms with van der Waals surface area (Å²) < 4.78 is 0. The van der Waals surface area contributed by atoms with Crippen molar-refractivity contribution < 1.29 is 43.8 Å². The van der Waals surface area contributed by atoms with Gasteiger partial charge >= 0.3 is 39.0 Å². The number of hydrogen-bond donors (Lipinski definition) is 0. The molecule has 4 unspecified atom stereocenters. The van der Waals surface area contributed by atoms with Crippen LogP contribution < -0.4 is 0 Å². The normalized spacial score (nSPS) is 0.333. The first-order chi connectivity index (χ1) is 1.00. The van der Waals surface area contributed by atoms with E-state index in [-0.39, 0.29) is 108 Å². The molecular formula is C5H25OP4Ru2. The van der Waals surface area contributed by atoms with Crippen LogP contribution in [-0.4, -0.2) is 6.79 Å². The molecule has 0 aliphatic heterocycles. The quantitative estimate of drug-likeness (QED) is 0.249. The van der Waals surface area contributed by atoms with Gasteiger partial charge in [0.15, 0.2) is 0 Å². The Bertz CT molecular complexity index is 21.4. The Morgan fingerprint density at radius 1 is 0.583 bits per heavy atom. The fourth-order valence-corrected chi connectivity index (χ4v) is 0. The van der Waals surface area contributed by atoms with Crippen LogP contribution in [0.25, 0.3) is 0 Å². The zero-order valence-corrected chi connectivity index (χ0v) is 17.7. The number of carbonyl (C=O) groups excluding carboxylic acids is 1. The van der Waals surface area contributed by atoms with Crippen molar-refractivity contribution in [2.45, 2.75) is 0 Å². The molecule has 0 N–H and O–H groups in total. The molecule has 0 amide bonds. The molecule has 0 aromatic rings. The van der Waals surface area contributed by atoms with E-state index in [0.29, 0.717) is 0 Å². The Hall–Kier alpha value is 2.64. The number of hydrogen-bond acceptors (Lipinski definition) is 1. The van der Waals surface area contributed by atoms with Gasteiger partial charge in [-0.05, 0) is 0 Å². The minimum atomic E-state index is 0. The van der Waals surface area contributed by atoms with Crippen LogP contribution in [0.1, 0.15) is 0 Å². The first-order valence-corrected chi connectivity index (χ1v) is 0.236. The van der Waals surface area contributed by atoms with Gasteiger partial charge in [0.25, 0.3) is 0 Å². The van der Waals surface area contributed by atoms with Crippen LogP contribution >= 0.6 is 39.6 Å². The minimum absolute atomic E-state index is 0. The molecule has 87 valence electrons. The average Bonchev–Trinajstić information content (AvgIpc) is 1.00. The molecule has 0 spiro atoms. The molecule has 0 aromatic heterocycles. The number of rotatable bonds is 0. The molecule has 0 saturated heterocycles. The molecule has 0 saturated carbocycles. The molecule has 1 nitrogen and oxygen atoms in total. The summed E-state index contributed by atoms with van der Waals surface area (Å²) in [7, 11) is 0. The predicted molar refractivity (Wildman–Crippen MR) is 76.8 cm³/mol.